The molecular weight excluding hydrogens is 368 g/mol. The van der Waals surface area contributed by atoms with Crippen molar-refractivity contribution in [2.45, 2.75) is 70.9 Å². The number of hydrogen-bond donors (Lipinski definition) is 2. The molecule has 7 rings (SSSR count). The van der Waals surface area contributed by atoms with E-state index in [0.29, 0.717) is 42.7 Å². The van der Waals surface area contributed by atoms with Crippen molar-refractivity contribution >= 4 is 17.4 Å². The van der Waals surface area contributed by atoms with Crippen molar-refractivity contribution in [3.63, 3.8) is 0 Å². The monoisotopic (exact) mass is 398 g/mol. The molecule has 0 saturated heterocycles. The average Bonchev–Trinajstić information content (AvgIpc) is 3.60. The molecule has 1 amide bonds. The van der Waals surface area contributed by atoms with E-state index < -0.39 is 5.56 Å². The van der Waals surface area contributed by atoms with Gasteiger partial charge in [-0.15, -0.1) is 0 Å². The van der Waals surface area contributed by atoms with E-state index in [0.717, 1.165) is 51.4 Å². The second-order valence-corrected chi connectivity index (χ2v) is 10.6. The SMILES string of the molecule is Nc1c(NC(=O)C23CC4CC(CC2C4)C3)c(=O)n(CC2CC2)c(=O)n1CC1CC1. The summed E-state index contributed by atoms with van der Waals surface area (Å²) in [6.45, 7) is 0.972. The zero-order valence-electron chi connectivity index (χ0n) is 16.9. The van der Waals surface area contributed by atoms with Gasteiger partial charge in [0.2, 0.25) is 5.91 Å². The van der Waals surface area contributed by atoms with Gasteiger partial charge in [0.25, 0.3) is 5.56 Å². The summed E-state index contributed by atoms with van der Waals surface area (Å²) in [5.41, 5.74) is 5.40. The lowest BCUT2D eigenvalue weighted by Gasteiger charge is -2.31. The first kappa shape index (κ1) is 17.8. The van der Waals surface area contributed by atoms with Gasteiger partial charge in [0.1, 0.15) is 11.5 Å². The Labute approximate surface area is 169 Å². The van der Waals surface area contributed by atoms with E-state index in [1.54, 1.807) is 0 Å². The maximum atomic E-state index is 13.5. The Kier molecular flexibility index (Phi) is 3.67. The predicted molar refractivity (Wildman–Crippen MR) is 109 cm³/mol. The molecule has 0 aromatic carbocycles. The van der Waals surface area contributed by atoms with Gasteiger partial charge in [-0.1, -0.05) is 0 Å². The number of nitrogen functional groups attached to an aromatic ring is 1. The van der Waals surface area contributed by atoms with E-state index in [1.807, 2.05) is 0 Å². The third-order valence-corrected chi connectivity index (χ3v) is 8.42. The number of hydrogen-bond acceptors (Lipinski definition) is 4. The molecule has 1 aromatic heterocycles. The minimum absolute atomic E-state index is 0.0365. The molecule has 0 spiro atoms. The third kappa shape index (κ3) is 2.72. The van der Waals surface area contributed by atoms with Gasteiger partial charge in [0, 0.05) is 13.1 Å². The van der Waals surface area contributed by atoms with Crippen LogP contribution < -0.4 is 22.3 Å². The number of aromatic nitrogens is 2. The van der Waals surface area contributed by atoms with E-state index in [-0.39, 0.29) is 28.5 Å². The zero-order chi connectivity index (χ0) is 19.9. The molecule has 7 nitrogen and oxygen atoms in total. The van der Waals surface area contributed by atoms with Gasteiger partial charge >= 0.3 is 5.69 Å². The van der Waals surface area contributed by atoms with Crippen LogP contribution in [0.4, 0.5) is 11.5 Å². The number of amides is 1. The van der Waals surface area contributed by atoms with Gasteiger partial charge in [-0.25, -0.2) is 4.79 Å². The number of nitrogens with two attached hydrogens (primary N) is 1. The summed E-state index contributed by atoms with van der Waals surface area (Å²) >= 11 is 0. The Morgan fingerprint density at radius 2 is 1.55 bits per heavy atom. The van der Waals surface area contributed by atoms with Gasteiger partial charge in [0.15, 0.2) is 0 Å². The van der Waals surface area contributed by atoms with Crippen LogP contribution in [-0.2, 0) is 17.9 Å². The summed E-state index contributed by atoms with van der Waals surface area (Å²) in [7, 11) is 0. The molecule has 6 aliphatic rings. The van der Waals surface area contributed by atoms with Crippen molar-refractivity contribution in [1.82, 2.24) is 9.13 Å². The molecule has 3 N–H and O–H groups in total. The molecule has 0 aliphatic heterocycles. The van der Waals surface area contributed by atoms with E-state index >= 15 is 0 Å². The van der Waals surface area contributed by atoms with E-state index in [2.05, 4.69) is 5.32 Å². The summed E-state index contributed by atoms with van der Waals surface area (Å²) in [6.07, 6.45) is 9.71. The minimum atomic E-state index is -0.422. The number of carbonyl (C=O) groups excluding carboxylic acids is 1. The first-order valence-electron chi connectivity index (χ1n) is 11.4. The van der Waals surface area contributed by atoms with Crippen LogP contribution in [0.25, 0.3) is 0 Å². The summed E-state index contributed by atoms with van der Waals surface area (Å²) in [6, 6.07) is 0. The van der Waals surface area contributed by atoms with Gasteiger partial charge in [0.05, 0.1) is 5.41 Å². The molecule has 2 atom stereocenters. The molecular formula is C22H30N4O3. The molecule has 4 bridgehead atoms. The number of nitrogens with zero attached hydrogens (tertiary/aromatic N) is 2. The maximum absolute atomic E-state index is 13.5. The Bertz CT molecular complexity index is 987. The Morgan fingerprint density at radius 1 is 0.966 bits per heavy atom. The molecule has 156 valence electrons. The lowest BCUT2D eigenvalue weighted by molar-refractivity contribution is -0.127. The van der Waals surface area contributed by atoms with Gasteiger partial charge in [-0.2, -0.15) is 0 Å². The fraction of sp³-hybridized carbons (Fsp3) is 0.773. The highest BCUT2D eigenvalue weighted by Crippen LogP contribution is 2.65. The lowest BCUT2D eigenvalue weighted by Crippen LogP contribution is -2.45. The van der Waals surface area contributed by atoms with Crippen LogP contribution in [0.1, 0.15) is 57.8 Å². The topological polar surface area (TPSA) is 99.1 Å². The van der Waals surface area contributed by atoms with Crippen LogP contribution in [0.2, 0.25) is 0 Å². The summed E-state index contributed by atoms with van der Waals surface area (Å²) in [4.78, 5) is 39.7. The van der Waals surface area contributed by atoms with Crippen molar-refractivity contribution in [2.75, 3.05) is 11.1 Å². The largest absolute Gasteiger partial charge is 0.383 e. The molecule has 29 heavy (non-hydrogen) atoms. The normalized spacial score (nSPS) is 34.7. The van der Waals surface area contributed by atoms with E-state index in [1.165, 1.54) is 15.6 Å². The number of anilines is 2. The molecule has 7 heteroatoms. The summed E-state index contributed by atoms with van der Waals surface area (Å²) in [5.74, 6) is 2.70. The molecule has 2 unspecified atom stereocenters. The van der Waals surface area contributed by atoms with Crippen molar-refractivity contribution < 1.29 is 4.79 Å². The molecule has 6 fully saturated rings. The summed E-state index contributed by atoms with van der Waals surface area (Å²) in [5, 5.41) is 2.96. The summed E-state index contributed by atoms with van der Waals surface area (Å²) < 4.78 is 2.86. The number of nitrogens with one attached hydrogen (secondary N) is 1. The maximum Gasteiger partial charge on any atom is 0.332 e. The van der Waals surface area contributed by atoms with Crippen LogP contribution in [0.5, 0.6) is 0 Å². The van der Waals surface area contributed by atoms with Crippen LogP contribution in [0.3, 0.4) is 0 Å². The Balaban J connectivity index is 1.38. The van der Waals surface area contributed by atoms with Crippen LogP contribution in [0, 0.1) is 35.0 Å². The number of rotatable bonds is 6. The fourth-order valence-corrected chi connectivity index (χ4v) is 6.69. The molecule has 0 radical (unpaired) electrons. The second-order valence-electron chi connectivity index (χ2n) is 10.6. The van der Waals surface area contributed by atoms with Gasteiger partial charge in [-0.3, -0.25) is 18.7 Å². The second kappa shape index (κ2) is 5.99. The standard InChI is InChI=1S/C22H30N4O3/c23-18-17(24-20(28)22-8-14-5-15(9-22)7-16(22)6-14)19(27)26(11-13-3-4-13)21(29)25(18)10-12-1-2-12/h12-16H,1-11,23H2,(H,24,28). The zero-order valence-corrected chi connectivity index (χ0v) is 16.9. The smallest absolute Gasteiger partial charge is 0.332 e. The van der Waals surface area contributed by atoms with E-state index in [9.17, 15) is 14.4 Å². The van der Waals surface area contributed by atoms with Crippen molar-refractivity contribution in [1.29, 1.82) is 0 Å². The van der Waals surface area contributed by atoms with E-state index in [4.69, 9.17) is 5.73 Å². The quantitative estimate of drug-likeness (QED) is 0.767. The Hall–Kier alpha value is -2.05. The Morgan fingerprint density at radius 3 is 2.14 bits per heavy atom. The highest BCUT2D eigenvalue weighted by Gasteiger charge is 2.61. The van der Waals surface area contributed by atoms with Crippen molar-refractivity contribution in [3.05, 3.63) is 20.8 Å². The van der Waals surface area contributed by atoms with Crippen molar-refractivity contribution in [2.24, 2.45) is 35.0 Å². The first-order chi connectivity index (χ1) is 13.9. The highest BCUT2D eigenvalue weighted by atomic mass is 16.2. The van der Waals surface area contributed by atoms with Crippen LogP contribution in [-0.4, -0.2) is 15.0 Å². The lowest BCUT2D eigenvalue weighted by atomic mass is 9.75. The van der Waals surface area contributed by atoms with Crippen LogP contribution >= 0.6 is 0 Å². The molecule has 6 saturated carbocycles. The molecule has 1 heterocycles. The van der Waals surface area contributed by atoms with Gasteiger partial charge in [-0.05, 0) is 87.4 Å². The fourth-order valence-electron chi connectivity index (χ4n) is 6.69. The predicted octanol–water partition coefficient (Wildman–Crippen LogP) is 2.18. The minimum Gasteiger partial charge on any atom is -0.383 e. The average molecular weight is 399 g/mol. The molecule has 1 aromatic rings. The third-order valence-electron chi connectivity index (χ3n) is 8.42. The van der Waals surface area contributed by atoms with Crippen LogP contribution in [0.15, 0.2) is 9.59 Å². The highest BCUT2D eigenvalue weighted by molar-refractivity contribution is 5.98. The van der Waals surface area contributed by atoms with Crippen molar-refractivity contribution in [3.8, 4) is 0 Å². The number of carbonyl (C=O) groups is 1. The first-order valence-corrected chi connectivity index (χ1v) is 11.4. The van der Waals surface area contributed by atoms with Gasteiger partial charge < -0.3 is 11.1 Å². The molecule has 6 aliphatic carbocycles.